The van der Waals surface area contributed by atoms with E-state index in [2.05, 4.69) is 6.58 Å². The van der Waals surface area contributed by atoms with Crippen molar-refractivity contribution in [2.75, 3.05) is 19.8 Å². The normalized spacial score (nSPS) is 11.2. The molecule has 0 bridgehead atoms. The topological polar surface area (TPSA) is 118 Å². The molecule has 0 saturated carbocycles. The van der Waals surface area contributed by atoms with Crippen LogP contribution in [0, 0.1) is 5.41 Å². The number of aliphatic hydroxyl groups is 4. The van der Waals surface area contributed by atoms with Gasteiger partial charge in [0, 0.05) is 6.08 Å². The molecule has 0 amide bonds. The summed E-state index contributed by atoms with van der Waals surface area (Å²) in [5.41, 5.74) is -2.18. The fourth-order valence-corrected chi connectivity index (χ4v) is 2.63. The van der Waals surface area contributed by atoms with Crippen LogP contribution in [-0.4, -0.2) is 51.3 Å². The zero-order valence-corrected chi connectivity index (χ0v) is 14.3. The Morgan fingerprint density at radius 2 is 1.15 bits per heavy atom. The second kappa shape index (κ2) is 9.84. The molecule has 5 N–H and O–H groups in total. The van der Waals surface area contributed by atoms with Crippen molar-refractivity contribution in [3.05, 3.63) is 84.4 Å². The van der Waals surface area contributed by atoms with Gasteiger partial charge >= 0.3 is 5.97 Å². The second-order valence-electron chi connectivity index (χ2n) is 5.74. The molecule has 0 atom stereocenters. The Morgan fingerprint density at radius 1 is 0.846 bits per heavy atom. The molecular formula is C20H24O6. The van der Waals surface area contributed by atoms with E-state index in [1.807, 2.05) is 12.1 Å². The van der Waals surface area contributed by atoms with E-state index in [0.717, 1.165) is 6.08 Å². The first-order valence-corrected chi connectivity index (χ1v) is 7.93. The van der Waals surface area contributed by atoms with Crippen LogP contribution in [0.4, 0.5) is 0 Å². The summed E-state index contributed by atoms with van der Waals surface area (Å²) in [6.45, 7) is 1.29. The summed E-state index contributed by atoms with van der Waals surface area (Å²) < 4.78 is 0. The third-order valence-electron chi connectivity index (χ3n) is 4.23. The van der Waals surface area contributed by atoms with Gasteiger partial charge in [0.05, 0.1) is 25.2 Å². The summed E-state index contributed by atoms with van der Waals surface area (Å²) in [7, 11) is 0. The summed E-state index contributed by atoms with van der Waals surface area (Å²) in [6, 6.07) is 17.5. The minimum absolute atomic E-state index is 0.508. The van der Waals surface area contributed by atoms with Crippen LogP contribution in [0.3, 0.4) is 0 Å². The molecule has 0 fully saturated rings. The number of hydrogen-bond donors (Lipinski definition) is 5. The number of hydrogen-bond acceptors (Lipinski definition) is 5. The molecule has 0 saturated heterocycles. The predicted octanol–water partition coefficient (Wildman–Crippen LogP) is 1.14. The molecule has 0 spiro atoms. The largest absolute Gasteiger partial charge is 0.478 e. The third kappa shape index (κ3) is 4.36. The van der Waals surface area contributed by atoms with Crippen molar-refractivity contribution in [2.45, 2.75) is 5.60 Å². The monoisotopic (exact) mass is 360 g/mol. The van der Waals surface area contributed by atoms with Crippen molar-refractivity contribution < 1.29 is 30.3 Å². The van der Waals surface area contributed by atoms with Crippen molar-refractivity contribution in [3.8, 4) is 0 Å². The molecular weight excluding hydrogens is 336 g/mol. The molecule has 0 heterocycles. The van der Waals surface area contributed by atoms with E-state index in [0.29, 0.717) is 11.1 Å². The van der Waals surface area contributed by atoms with Gasteiger partial charge in [0.25, 0.3) is 0 Å². The molecule has 2 aromatic rings. The van der Waals surface area contributed by atoms with Gasteiger partial charge in [-0.15, -0.1) is 0 Å². The highest BCUT2D eigenvalue weighted by Crippen LogP contribution is 2.44. The molecule has 0 unspecified atom stereocenters. The molecule has 0 radical (unpaired) electrons. The first kappa shape index (κ1) is 21.5. The fourth-order valence-electron chi connectivity index (χ4n) is 2.63. The number of benzene rings is 2. The minimum Gasteiger partial charge on any atom is -0.478 e. The number of carbonyl (C=O) groups is 1. The number of aliphatic hydroxyl groups excluding tert-OH is 3. The van der Waals surface area contributed by atoms with Gasteiger partial charge in [-0.3, -0.25) is 0 Å². The molecule has 6 nitrogen and oxygen atoms in total. The molecule has 0 aromatic heterocycles. The zero-order chi connectivity index (χ0) is 19.6. The van der Waals surface area contributed by atoms with Crippen LogP contribution < -0.4 is 0 Å². The fraction of sp³-hybridized carbons (Fsp3) is 0.250. The van der Waals surface area contributed by atoms with Crippen LogP contribution >= 0.6 is 0 Å². The standard InChI is InChI=1S/C17H20O4.C3H4O2/c18-11-16(12-19,13-20)17(21,14-7-3-1-4-8-14)15-9-5-2-6-10-15;1-2-3(4)5/h1-10,18-21H,11-13H2;2H,1H2,(H,4,5). The van der Waals surface area contributed by atoms with Gasteiger partial charge in [0.15, 0.2) is 0 Å². The van der Waals surface area contributed by atoms with Gasteiger partial charge in [-0.05, 0) is 11.1 Å². The molecule has 2 aromatic carbocycles. The molecule has 0 aliphatic rings. The number of carboxylic acid groups (broad SMARTS) is 1. The Kier molecular flexibility index (Phi) is 8.15. The molecule has 0 aliphatic heterocycles. The lowest BCUT2D eigenvalue weighted by Crippen LogP contribution is -2.54. The summed E-state index contributed by atoms with van der Waals surface area (Å²) >= 11 is 0. The Labute approximate surface area is 152 Å². The van der Waals surface area contributed by atoms with Gasteiger partial charge in [0.1, 0.15) is 5.60 Å². The highest BCUT2D eigenvalue weighted by Gasteiger charge is 2.52. The van der Waals surface area contributed by atoms with E-state index < -0.39 is 36.8 Å². The van der Waals surface area contributed by atoms with Crippen LogP contribution in [0.25, 0.3) is 0 Å². The van der Waals surface area contributed by atoms with Crippen molar-refractivity contribution in [3.63, 3.8) is 0 Å². The summed E-state index contributed by atoms with van der Waals surface area (Å²) in [5.74, 6) is -0.981. The maximum atomic E-state index is 11.4. The SMILES string of the molecule is C=CC(=O)O.OCC(CO)(CO)C(O)(c1ccccc1)c1ccccc1. The van der Waals surface area contributed by atoms with Crippen molar-refractivity contribution in [2.24, 2.45) is 5.41 Å². The van der Waals surface area contributed by atoms with E-state index in [-0.39, 0.29) is 0 Å². The summed E-state index contributed by atoms with van der Waals surface area (Å²) in [4.78, 5) is 9.25. The number of rotatable bonds is 7. The predicted molar refractivity (Wildman–Crippen MR) is 97.4 cm³/mol. The molecule has 6 heteroatoms. The Morgan fingerprint density at radius 3 is 1.38 bits per heavy atom. The molecule has 26 heavy (non-hydrogen) atoms. The first-order chi connectivity index (χ1) is 12.4. The molecule has 2 rings (SSSR count). The van der Waals surface area contributed by atoms with Crippen molar-refractivity contribution in [1.29, 1.82) is 0 Å². The maximum Gasteiger partial charge on any atom is 0.327 e. The highest BCUT2D eigenvalue weighted by atomic mass is 16.4. The van der Waals surface area contributed by atoms with Crippen LogP contribution in [0.5, 0.6) is 0 Å². The van der Waals surface area contributed by atoms with Crippen LogP contribution in [-0.2, 0) is 10.4 Å². The molecule has 140 valence electrons. The van der Waals surface area contributed by atoms with Gasteiger partial charge in [-0.1, -0.05) is 67.2 Å². The quantitative estimate of drug-likeness (QED) is 0.473. The van der Waals surface area contributed by atoms with Crippen molar-refractivity contribution >= 4 is 5.97 Å². The van der Waals surface area contributed by atoms with Crippen LogP contribution in [0.1, 0.15) is 11.1 Å². The Bertz CT molecular complexity index is 632. The lowest BCUT2D eigenvalue weighted by Gasteiger charge is -2.45. The third-order valence-corrected chi connectivity index (χ3v) is 4.23. The molecule has 0 aliphatic carbocycles. The van der Waals surface area contributed by atoms with Gasteiger partial charge < -0.3 is 25.5 Å². The average molecular weight is 360 g/mol. The summed E-state index contributed by atoms with van der Waals surface area (Å²) in [5, 5.41) is 48.3. The number of carboxylic acids is 1. The highest BCUT2D eigenvalue weighted by molar-refractivity contribution is 5.78. The van der Waals surface area contributed by atoms with Crippen LogP contribution in [0.2, 0.25) is 0 Å². The Balaban J connectivity index is 0.000000597. The van der Waals surface area contributed by atoms with E-state index in [9.17, 15) is 25.2 Å². The smallest absolute Gasteiger partial charge is 0.327 e. The minimum atomic E-state index is -1.70. The van der Waals surface area contributed by atoms with Crippen molar-refractivity contribution in [1.82, 2.24) is 0 Å². The van der Waals surface area contributed by atoms with E-state index in [1.54, 1.807) is 48.5 Å². The van der Waals surface area contributed by atoms with E-state index >= 15 is 0 Å². The zero-order valence-electron chi connectivity index (χ0n) is 14.3. The van der Waals surface area contributed by atoms with E-state index in [4.69, 9.17) is 5.11 Å². The first-order valence-electron chi connectivity index (χ1n) is 7.93. The average Bonchev–Trinajstić information content (AvgIpc) is 2.71. The van der Waals surface area contributed by atoms with E-state index in [1.165, 1.54) is 0 Å². The summed E-state index contributed by atoms with van der Waals surface area (Å²) in [6.07, 6.45) is 0.833. The lowest BCUT2D eigenvalue weighted by molar-refractivity contribution is -0.136. The number of aliphatic carboxylic acids is 1. The second-order valence-corrected chi connectivity index (χ2v) is 5.74. The van der Waals surface area contributed by atoms with Gasteiger partial charge in [0.2, 0.25) is 0 Å². The van der Waals surface area contributed by atoms with Gasteiger partial charge in [-0.2, -0.15) is 0 Å². The van der Waals surface area contributed by atoms with Gasteiger partial charge in [-0.25, -0.2) is 4.79 Å². The Hall–Kier alpha value is -2.51. The maximum absolute atomic E-state index is 11.4. The van der Waals surface area contributed by atoms with Crippen LogP contribution in [0.15, 0.2) is 73.3 Å². The lowest BCUT2D eigenvalue weighted by atomic mass is 9.66.